The van der Waals surface area contributed by atoms with Crippen molar-refractivity contribution in [3.63, 3.8) is 0 Å². The van der Waals surface area contributed by atoms with E-state index in [2.05, 4.69) is 17.9 Å². The molecule has 1 aliphatic heterocycles. The van der Waals surface area contributed by atoms with E-state index in [0.29, 0.717) is 23.0 Å². The lowest BCUT2D eigenvalue weighted by Gasteiger charge is -2.31. The van der Waals surface area contributed by atoms with Gasteiger partial charge >= 0.3 is 5.97 Å². The van der Waals surface area contributed by atoms with E-state index in [1.807, 2.05) is 0 Å². The van der Waals surface area contributed by atoms with Crippen LogP contribution in [0.5, 0.6) is 0 Å². The maximum absolute atomic E-state index is 11.9. The number of piperidine rings is 1. The number of hydrogen-bond donors (Lipinski definition) is 1. The number of hydrogen-bond acceptors (Lipinski definition) is 6. The third-order valence-corrected chi connectivity index (χ3v) is 4.82. The van der Waals surface area contributed by atoms with Gasteiger partial charge in [0, 0.05) is 13.1 Å². The van der Waals surface area contributed by atoms with Gasteiger partial charge in [-0.15, -0.1) is 11.3 Å². The van der Waals surface area contributed by atoms with Crippen LogP contribution in [-0.4, -0.2) is 25.7 Å². The second kappa shape index (κ2) is 6.14. The van der Waals surface area contributed by atoms with Crippen molar-refractivity contribution in [3.8, 4) is 6.07 Å². The summed E-state index contributed by atoms with van der Waals surface area (Å²) in [5.41, 5.74) is 6.60. The van der Waals surface area contributed by atoms with Gasteiger partial charge in [-0.05, 0) is 25.7 Å². The molecule has 0 atom stereocenters. The topological polar surface area (TPSA) is 79.3 Å². The molecule has 1 aliphatic rings. The smallest absolute Gasteiger partial charge is 0.350 e. The zero-order chi connectivity index (χ0) is 14.7. The summed E-state index contributed by atoms with van der Waals surface area (Å²) >= 11 is 1.27. The first kappa shape index (κ1) is 14.7. The standard InChI is InChI=1S/C14H19N3O2S/c1-3-19-14(18)12-11(16)10(8-15)13(20-12)17-6-4-9(2)5-7-17/h9H,3-7,16H2,1-2H3. The number of nitrogens with two attached hydrogens (primary N) is 1. The molecule has 2 heterocycles. The van der Waals surface area contributed by atoms with Crippen molar-refractivity contribution in [1.82, 2.24) is 0 Å². The highest BCUT2D eigenvalue weighted by Gasteiger charge is 2.27. The molecule has 1 saturated heterocycles. The number of anilines is 2. The lowest BCUT2D eigenvalue weighted by molar-refractivity contribution is 0.0533. The predicted octanol–water partition coefficient (Wildman–Crippen LogP) is 2.61. The molecule has 20 heavy (non-hydrogen) atoms. The zero-order valence-corrected chi connectivity index (χ0v) is 12.6. The maximum Gasteiger partial charge on any atom is 0.350 e. The molecule has 0 spiro atoms. The minimum absolute atomic E-state index is 0.254. The van der Waals surface area contributed by atoms with Crippen LogP contribution >= 0.6 is 11.3 Å². The van der Waals surface area contributed by atoms with E-state index in [1.54, 1.807) is 6.92 Å². The Kier molecular flexibility index (Phi) is 4.50. The summed E-state index contributed by atoms with van der Waals surface area (Å²) in [7, 11) is 0. The fourth-order valence-corrected chi connectivity index (χ4v) is 3.44. The number of carbonyl (C=O) groups excluding carboxylic acids is 1. The molecule has 5 nitrogen and oxygen atoms in total. The van der Waals surface area contributed by atoms with Gasteiger partial charge in [0.1, 0.15) is 21.5 Å². The number of esters is 1. The molecule has 0 bridgehead atoms. The quantitative estimate of drug-likeness (QED) is 0.867. The minimum atomic E-state index is -0.442. The highest BCUT2D eigenvalue weighted by atomic mass is 32.1. The molecule has 2 N–H and O–H groups in total. The highest BCUT2D eigenvalue weighted by Crippen LogP contribution is 2.39. The summed E-state index contributed by atoms with van der Waals surface area (Å²) in [6.07, 6.45) is 2.19. The Bertz CT molecular complexity index is 539. The average molecular weight is 293 g/mol. The Morgan fingerprint density at radius 1 is 1.55 bits per heavy atom. The van der Waals surface area contributed by atoms with Crippen molar-refractivity contribution in [2.24, 2.45) is 5.92 Å². The maximum atomic E-state index is 11.9. The van der Waals surface area contributed by atoms with Crippen LogP contribution in [0.15, 0.2) is 0 Å². The van der Waals surface area contributed by atoms with Gasteiger partial charge in [-0.2, -0.15) is 5.26 Å². The van der Waals surface area contributed by atoms with Gasteiger partial charge in [0.15, 0.2) is 0 Å². The Morgan fingerprint density at radius 2 is 2.20 bits per heavy atom. The molecule has 0 saturated carbocycles. The molecule has 6 heteroatoms. The van der Waals surface area contributed by atoms with Gasteiger partial charge in [0.2, 0.25) is 0 Å². The second-order valence-electron chi connectivity index (χ2n) is 5.03. The van der Waals surface area contributed by atoms with E-state index >= 15 is 0 Å². The minimum Gasteiger partial charge on any atom is -0.462 e. The fourth-order valence-electron chi connectivity index (χ4n) is 2.32. The van der Waals surface area contributed by atoms with E-state index < -0.39 is 5.97 Å². The van der Waals surface area contributed by atoms with Crippen LogP contribution < -0.4 is 10.6 Å². The number of nitrogen functional groups attached to an aromatic ring is 1. The third kappa shape index (κ3) is 2.73. The van der Waals surface area contributed by atoms with Crippen LogP contribution in [-0.2, 0) is 4.74 Å². The van der Waals surface area contributed by atoms with Crippen LogP contribution in [0, 0.1) is 17.2 Å². The van der Waals surface area contributed by atoms with Crippen molar-refractivity contribution in [2.75, 3.05) is 30.3 Å². The van der Waals surface area contributed by atoms with Gasteiger partial charge < -0.3 is 15.4 Å². The molecule has 0 unspecified atom stereocenters. The largest absolute Gasteiger partial charge is 0.462 e. The summed E-state index contributed by atoms with van der Waals surface area (Å²) in [6, 6.07) is 2.13. The molecule has 1 fully saturated rings. The number of nitriles is 1. The summed E-state index contributed by atoms with van der Waals surface area (Å²) in [5.74, 6) is 0.266. The second-order valence-corrected chi connectivity index (χ2v) is 6.03. The van der Waals surface area contributed by atoms with Gasteiger partial charge in [-0.3, -0.25) is 0 Å². The van der Waals surface area contributed by atoms with Gasteiger partial charge in [0.05, 0.1) is 12.3 Å². The van der Waals surface area contributed by atoms with E-state index in [1.165, 1.54) is 11.3 Å². The predicted molar refractivity (Wildman–Crippen MR) is 80.0 cm³/mol. The summed E-state index contributed by atoms with van der Waals surface area (Å²) < 4.78 is 4.99. The van der Waals surface area contributed by atoms with E-state index in [9.17, 15) is 10.1 Å². The monoisotopic (exact) mass is 293 g/mol. The fraction of sp³-hybridized carbons (Fsp3) is 0.571. The number of nitrogens with zero attached hydrogens (tertiary/aromatic N) is 2. The normalized spacial score (nSPS) is 15.9. The molecule has 0 amide bonds. The number of ether oxygens (including phenoxy) is 1. The Labute approximate surface area is 122 Å². The molecule has 0 aliphatic carbocycles. The summed E-state index contributed by atoms with van der Waals surface area (Å²) in [4.78, 5) is 14.4. The lowest BCUT2D eigenvalue weighted by Crippen LogP contribution is -2.32. The number of thiophene rings is 1. The molecule has 0 aromatic carbocycles. The average Bonchev–Trinajstić information content (AvgIpc) is 2.77. The van der Waals surface area contributed by atoms with E-state index in [4.69, 9.17) is 10.5 Å². The molecule has 2 rings (SSSR count). The van der Waals surface area contributed by atoms with Crippen molar-refractivity contribution in [3.05, 3.63) is 10.4 Å². The van der Waals surface area contributed by atoms with Crippen LogP contribution in [0.1, 0.15) is 41.9 Å². The van der Waals surface area contributed by atoms with Crippen molar-refractivity contribution in [1.29, 1.82) is 5.26 Å². The molecule has 1 aromatic heterocycles. The van der Waals surface area contributed by atoms with E-state index in [-0.39, 0.29) is 5.69 Å². The molecular weight excluding hydrogens is 274 g/mol. The Morgan fingerprint density at radius 3 is 2.75 bits per heavy atom. The molecule has 1 aromatic rings. The summed E-state index contributed by atoms with van der Waals surface area (Å²) in [5, 5.41) is 10.1. The lowest BCUT2D eigenvalue weighted by atomic mass is 9.99. The first-order valence-corrected chi connectivity index (χ1v) is 7.64. The SMILES string of the molecule is CCOC(=O)c1sc(N2CCC(C)CC2)c(C#N)c1N. The third-order valence-electron chi connectivity index (χ3n) is 3.57. The van der Waals surface area contributed by atoms with Crippen LogP contribution in [0.25, 0.3) is 0 Å². The van der Waals surface area contributed by atoms with Gasteiger partial charge in [-0.25, -0.2) is 4.79 Å². The van der Waals surface area contributed by atoms with Crippen molar-refractivity contribution >= 4 is 28.0 Å². The Hall–Kier alpha value is -1.74. The summed E-state index contributed by atoms with van der Waals surface area (Å²) in [6.45, 7) is 6.08. The van der Waals surface area contributed by atoms with Crippen molar-refractivity contribution < 1.29 is 9.53 Å². The first-order chi connectivity index (χ1) is 9.58. The van der Waals surface area contributed by atoms with Crippen molar-refractivity contribution in [2.45, 2.75) is 26.7 Å². The number of rotatable bonds is 3. The van der Waals surface area contributed by atoms with Gasteiger partial charge in [0.25, 0.3) is 0 Å². The number of carbonyl (C=O) groups is 1. The Balaban J connectivity index is 2.31. The molecule has 108 valence electrons. The highest BCUT2D eigenvalue weighted by molar-refractivity contribution is 7.18. The first-order valence-electron chi connectivity index (χ1n) is 6.82. The van der Waals surface area contributed by atoms with Gasteiger partial charge in [-0.1, -0.05) is 6.92 Å². The van der Waals surface area contributed by atoms with Crippen LogP contribution in [0.4, 0.5) is 10.7 Å². The van der Waals surface area contributed by atoms with Crippen LogP contribution in [0.3, 0.4) is 0 Å². The van der Waals surface area contributed by atoms with Crippen LogP contribution in [0.2, 0.25) is 0 Å². The zero-order valence-electron chi connectivity index (χ0n) is 11.8. The molecule has 0 radical (unpaired) electrons. The van der Waals surface area contributed by atoms with E-state index in [0.717, 1.165) is 30.9 Å². The molecular formula is C14H19N3O2S.